The third-order valence-corrected chi connectivity index (χ3v) is 4.24. The smallest absolute Gasteiger partial charge is 0.323 e. The molecule has 2 aromatic heterocycles. The van der Waals surface area contributed by atoms with Crippen LogP contribution >= 0.6 is 11.6 Å². The van der Waals surface area contributed by atoms with Gasteiger partial charge in [-0.05, 0) is 12.1 Å². The van der Waals surface area contributed by atoms with Gasteiger partial charge >= 0.3 is 5.69 Å². The number of amides is 1. The highest BCUT2D eigenvalue weighted by Crippen LogP contribution is 2.19. The Hall–Kier alpha value is -2.81. The summed E-state index contributed by atoms with van der Waals surface area (Å²) in [7, 11) is 4.80. The van der Waals surface area contributed by atoms with Crippen LogP contribution < -0.4 is 22.0 Å². The van der Waals surface area contributed by atoms with E-state index in [9.17, 15) is 14.4 Å². The first kappa shape index (κ1) is 17.0. The summed E-state index contributed by atoms with van der Waals surface area (Å²) >= 11 is 6.11. The van der Waals surface area contributed by atoms with Gasteiger partial charge < -0.3 is 9.88 Å². The average Bonchev–Trinajstić information content (AvgIpc) is 2.97. The van der Waals surface area contributed by atoms with Gasteiger partial charge in [-0.2, -0.15) is 0 Å². The molecule has 1 N–H and O–H groups in total. The minimum absolute atomic E-state index is 0.131. The van der Waals surface area contributed by atoms with Crippen molar-refractivity contribution in [3.63, 3.8) is 0 Å². The first-order valence-electron chi connectivity index (χ1n) is 7.46. The van der Waals surface area contributed by atoms with Crippen LogP contribution in [-0.2, 0) is 25.4 Å². The molecule has 0 aliphatic rings. The number of nitrogens with zero attached hydrogens (tertiary/aromatic N) is 4. The van der Waals surface area contributed by atoms with E-state index in [1.165, 1.54) is 29.6 Å². The van der Waals surface area contributed by atoms with Crippen LogP contribution in [0.3, 0.4) is 0 Å². The molecule has 0 spiro atoms. The SMILES string of the molecule is Bc1ccc(NC(=O)Cn2cnc3c2c(=O)n(C)c(=O)n3C)c(Cl)c1. The number of anilines is 1. The lowest BCUT2D eigenvalue weighted by Gasteiger charge is -2.09. The van der Waals surface area contributed by atoms with Crippen LogP contribution in [0.1, 0.15) is 0 Å². The maximum absolute atomic E-state index is 12.4. The van der Waals surface area contributed by atoms with Crippen LogP contribution in [0.25, 0.3) is 11.2 Å². The van der Waals surface area contributed by atoms with Crippen LogP contribution in [0.4, 0.5) is 5.69 Å². The summed E-state index contributed by atoms with van der Waals surface area (Å²) in [4.78, 5) is 40.7. The molecular weight excluding hydrogens is 344 g/mol. The summed E-state index contributed by atoms with van der Waals surface area (Å²) in [5, 5.41) is 3.14. The highest BCUT2D eigenvalue weighted by molar-refractivity contribution is 6.38. The monoisotopic (exact) mass is 359 g/mol. The standard InChI is InChI=1S/C15H15BClN5O3/c1-20-13-12(14(24)21(2)15(20)25)22(7-18-13)6-11(23)19-10-4-3-8(16)5-9(10)17/h3-5,7H,6,16H2,1-2H3,(H,19,23). The highest BCUT2D eigenvalue weighted by atomic mass is 35.5. The molecule has 2 heterocycles. The predicted molar refractivity (Wildman–Crippen MR) is 98.5 cm³/mol. The third-order valence-electron chi connectivity index (χ3n) is 3.93. The molecule has 0 fully saturated rings. The second kappa shape index (κ2) is 6.25. The van der Waals surface area contributed by atoms with Crippen LogP contribution in [-0.4, -0.2) is 32.4 Å². The number of carbonyl (C=O) groups is 1. The zero-order chi connectivity index (χ0) is 18.3. The molecule has 10 heteroatoms. The van der Waals surface area contributed by atoms with E-state index in [0.717, 1.165) is 10.0 Å². The van der Waals surface area contributed by atoms with Crippen molar-refractivity contribution in [3.05, 3.63) is 50.4 Å². The van der Waals surface area contributed by atoms with Crippen LogP contribution in [0.15, 0.2) is 34.1 Å². The van der Waals surface area contributed by atoms with Gasteiger partial charge in [0, 0.05) is 14.1 Å². The second-order valence-corrected chi connectivity index (χ2v) is 6.19. The zero-order valence-corrected chi connectivity index (χ0v) is 14.7. The Balaban J connectivity index is 1.94. The number of hydrogen-bond donors (Lipinski definition) is 1. The van der Waals surface area contributed by atoms with E-state index in [4.69, 9.17) is 11.6 Å². The quantitative estimate of drug-likeness (QED) is 0.606. The van der Waals surface area contributed by atoms with Crippen LogP contribution in [0, 0.1) is 0 Å². The number of aromatic nitrogens is 4. The van der Waals surface area contributed by atoms with Crippen molar-refractivity contribution in [1.29, 1.82) is 0 Å². The molecule has 0 saturated heterocycles. The largest absolute Gasteiger partial charge is 0.332 e. The number of aryl methyl sites for hydroxylation is 1. The lowest BCUT2D eigenvalue weighted by atomic mass is 9.96. The lowest BCUT2D eigenvalue weighted by Crippen LogP contribution is -2.37. The Morgan fingerprint density at radius 2 is 2.00 bits per heavy atom. The Morgan fingerprint density at radius 3 is 2.68 bits per heavy atom. The predicted octanol–water partition coefficient (Wildman–Crippen LogP) is -1.02. The summed E-state index contributed by atoms with van der Waals surface area (Å²) in [5.74, 6) is -0.360. The van der Waals surface area contributed by atoms with Crippen molar-refractivity contribution in [2.45, 2.75) is 6.54 Å². The summed E-state index contributed by atoms with van der Waals surface area (Å²) in [6.45, 7) is -0.131. The molecule has 3 aromatic rings. The van der Waals surface area contributed by atoms with E-state index in [1.807, 2.05) is 13.9 Å². The van der Waals surface area contributed by atoms with Gasteiger partial charge in [-0.15, -0.1) is 0 Å². The van der Waals surface area contributed by atoms with Gasteiger partial charge in [0.1, 0.15) is 14.4 Å². The first-order valence-corrected chi connectivity index (χ1v) is 7.84. The van der Waals surface area contributed by atoms with Crippen LogP contribution in [0.5, 0.6) is 0 Å². The minimum Gasteiger partial charge on any atom is -0.323 e. The molecule has 8 nitrogen and oxygen atoms in total. The number of benzene rings is 1. The maximum Gasteiger partial charge on any atom is 0.332 e. The molecule has 0 bridgehead atoms. The fourth-order valence-electron chi connectivity index (χ4n) is 2.58. The number of hydrogen-bond acceptors (Lipinski definition) is 4. The number of imidazole rings is 1. The molecule has 3 rings (SSSR count). The van der Waals surface area contributed by atoms with E-state index >= 15 is 0 Å². The van der Waals surface area contributed by atoms with Crippen molar-refractivity contribution in [2.75, 3.05) is 5.32 Å². The van der Waals surface area contributed by atoms with Gasteiger partial charge in [-0.3, -0.25) is 18.7 Å². The minimum atomic E-state index is -0.503. The third kappa shape index (κ3) is 2.98. The second-order valence-electron chi connectivity index (χ2n) is 5.78. The number of halogens is 1. The normalized spacial score (nSPS) is 11.0. The highest BCUT2D eigenvalue weighted by Gasteiger charge is 2.16. The Bertz CT molecular complexity index is 1110. The molecule has 0 saturated carbocycles. The van der Waals surface area contributed by atoms with E-state index in [0.29, 0.717) is 10.7 Å². The first-order chi connectivity index (χ1) is 11.8. The molecule has 0 radical (unpaired) electrons. The van der Waals surface area contributed by atoms with Gasteiger partial charge in [0.25, 0.3) is 5.56 Å². The lowest BCUT2D eigenvalue weighted by molar-refractivity contribution is -0.116. The molecule has 1 aromatic carbocycles. The van der Waals surface area contributed by atoms with Gasteiger partial charge in [-0.25, -0.2) is 9.78 Å². The van der Waals surface area contributed by atoms with Crippen LogP contribution in [0.2, 0.25) is 5.02 Å². The summed E-state index contributed by atoms with van der Waals surface area (Å²) < 4.78 is 3.66. The number of nitrogens with one attached hydrogen (secondary N) is 1. The van der Waals surface area contributed by atoms with Crippen molar-refractivity contribution in [2.24, 2.45) is 14.1 Å². The summed E-state index contributed by atoms with van der Waals surface area (Å²) in [5.41, 5.74) is 0.912. The van der Waals surface area contributed by atoms with Crippen molar-refractivity contribution >= 4 is 47.7 Å². The molecular formula is C15H15BClN5O3. The van der Waals surface area contributed by atoms with Gasteiger partial charge in [0.15, 0.2) is 11.2 Å². The Morgan fingerprint density at radius 1 is 1.28 bits per heavy atom. The van der Waals surface area contributed by atoms with E-state index in [-0.39, 0.29) is 23.6 Å². The van der Waals surface area contributed by atoms with Crippen molar-refractivity contribution in [1.82, 2.24) is 18.7 Å². The van der Waals surface area contributed by atoms with E-state index in [2.05, 4.69) is 10.3 Å². The summed E-state index contributed by atoms with van der Waals surface area (Å²) in [6.07, 6.45) is 1.36. The molecule has 0 aliphatic heterocycles. The molecule has 0 unspecified atom stereocenters. The molecule has 0 aliphatic carbocycles. The number of carbonyl (C=O) groups excluding carboxylic acids is 1. The summed E-state index contributed by atoms with van der Waals surface area (Å²) in [6, 6.07) is 5.29. The molecule has 1 amide bonds. The zero-order valence-electron chi connectivity index (χ0n) is 13.9. The fraction of sp³-hybridized carbons (Fsp3) is 0.200. The number of fused-ring (bicyclic) bond motifs is 1. The average molecular weight is 360 g/mol. The van der Waals surface area contributed by atoms with Crippen molar-refractivity contribution in [3.8, 4) is 0 Å². The molecule has 128 valence electrons. The van der Waals surface area contributed by atoms with Gasteiger partial charge in [0.2, 0.25) is 5.91 Å². The van der Waals surface area contributed by atoms with E-state index in [1.54, 1.807) is 12.1 Å². The Kier molecular flexibility index (Phi) is 4.26. The van der Waals surface area contributed by atoms with E-state index < -0.39 is 11.2 Å². The molecule has 0 atom stereocenters. The maximum atomic E-state index is 12.4. The van der Waals surface area contributed by atoms with Crippen molar-refractivity contribution < 1.29 is 4.79 Å². The van der Waals surface area contributed by atoms with Gasteiger partial charge in [-0.1, -0.05) is 23.1 Å². The molecule has 25 heavy (non-hydrogen) atoms. The Labute approximate surface area is 148 Å². The topological polar surface area (TPSA) is 90.9 Å². The number of rotatable bonds is 3. The van der Waals surface area contributed by atoms with Gasteiger partial charge in [0.05, 0.1) is 17.0 Å². The fourth-order valence-corrected chi connectivity index (χ4v) is 2.87.